The summed E-state index contributed by atoms with van der Waals surface area (Å²) < 4.78 is 50.4. The summed E-state index contributed by atoms with van der Waals surface area (Å²) in [7, 11) is 0.602. The van der Waals surface area contributed by atoms with Gasteiger partial charge >= 0.3 is 0 Å². The Morgan fingerprint density at radius 2 is 1.74 bits per heavy atom. The number of aromatic nitrogens is 1. The summed E-state index contributed by atoms with van der Waals surface area (Å²) >= 11 is 1.12. The molecule has 4 rings (SSSR count). The maximum atomic E-state index is 13.0. The number of oxazole rings is 1. The molecule has 1 aliphatic carbocycles. The van der Waals surface area contributed by atoms with Gasteiger partial charge in [-0.15, -0.1) is 11.3 Å². The third kappa shape index (κ3) is 4.35. The van der Waals surface area contributed by atoms with Crippen LogP contribution >= 0.6 is 11.3 Å². The lowest BCUT2D eigenvalue weighted by Crippen LogP contribution is -2.11. The van der Waals surface area contributed by atoms with Crippen molar-refractivity contribution in [2.24, 2.45) is 0 Å². The van der Waals surface area contributed by atoms with Gasteiger partial charge in [-0.3, -0.25) is 4.72 Å². The first-order valence-corrected chi connectivity index (χ1v) is 12.1. The van der Waals surface area contributed by atoms with E-state index >= 15 is 0 Å². The molecule has 0 spiro atoms. The first-order chi connectivity index (χ1) is 14.9. The number of anilines is 1. The molecule has 166 valence electrons. The molecule has 1 aromatic carbocycles. The van der Waals surface area contributed by atoms with Crippen LogP contribution in [-0.2, 0) is 10.0 Å². The molecule has 2 heterocycles. The van der Waals surface area contributed by atoms with Crippen LogP contribution in [0.25, 0.3) is 10.6 Å². The number of thiophene rings is 1. The van der Waals surface area contributed by atoms with Crippen molar-refractivity contribution in [3.05, 3.63) is 36.4 Å². The summed E-state index contributed by atoms with van der Waals surface area (Å²) in [6.45, 7) is 0. The molecule has 0 amide bonds. The Bertz CT molecular complexity index is 1140. The molecule has 0 saturated heterocycles. The summed E-state index contributed by atoms with van der Waals surface area (Å²) in [5.74, 6) is 2.77. The van der Waals surface area contributed by atoms with Crippen LogP contribution in [0, 0.1) is 0 Å². The molecule has 10 heteroatoms. The van der Waals surface area contributed by atoms with Crippen LogP contribution in [0.5, 0.6) is 17.2 Å². The fourth-order valence-electron chi connectivity index (χ4n) is 3.71. The van der Waals surface area contributed by atoms with E-state index in [1.807, 2.05) is 0 Å². The number of methoxy groups -OCH3 is 3. The van der Waals surface area contributed by atoms with Gasteiger partial charge in [0.15, 0.2) is 23.1 Å². The molecular formula is C21H24N2O6S2. The van der Waals surface area contributed by atoms with Crippen molar-refractivity contribution in [1.82, 2.24) is 4.98 Å². The molecule has 1 saturated carbocycles. The highest BCUT2D eigenvalue weighted by molar-refractivity contribution is 7.94. The van der Waals surface area contributed by atoms with Crippen molar-refractivity contribution in [1.29, 1.82) is 0 Å². The average molecular weight is 465 g/mol. The minimum atomic E-state index is -3.82. The second kappa shape index (κ2) is 8.80. The first-order valence-electron chi connectivity index (χ1n) is 9.84. The van der Waals surface area contributed by atoms with Crippen LogP contribution in [0.15, 0.2) is 39.1 Å². The summed E-state index contributed by atoms with van der Waals surface area (Å²) in [4.78, 5) is 5.11. The summed E-state index contributed by atoms with van der Waals surface area (Å²) in [6.07, 6.45) is 6.22. The summed E-state index contributed by atoms with van der Waals surface area (Å²) in [5, 5.41) is 0. The predicted octanol–water partition coefficient (Wildman–Crippen LogP) is 4.89. The zero-order valence-electron chi connectivity index (χ0n) is 17.5. The molecule has 0 unspecified atom stereocenters. The number of nitrogens with zero attached hydrogens (tertiary/aromatic N) is 1. The maximum Gasteiger partial charge on any atom is 0.271 e. The second-order valence-corrected chi connectivity index (χ2v) is 10.2. The van der Waals surface area contributed by atoms with Crippen molar-refractivity contribution in [2.75, 3.05) is 26.1 Å². The van der Waals surface area contributed by atoms with Gasteiger partial charge in [0.2, 0.25) is 5.75 Å². The number of ether oxygens (including phenoxy) is 3. The number of hydrogen-bond acceptors (Lipinski definition) is 8. The molecule has 0 aliphatic heterocycles. The highest BCUT2D eigenvalue weighted by atomic mass is 32.2. The van der Waals surface area contributed by atoms with E-state index in [-0.39, 0.29) is 4.21 Å². The van der Waals surface area contributed by atoms with E-state index in [0.29, 0.717) is 39.5 Å². The Hall–Kier alpha value is -2.72. The minimum Gasteiger partial charge on any atom is -0.493 e. The second-order valence-electron chi connectivity index (χ2n) is 7.18. The van der Waals surface area contributed by atoms with Gasteiger partial charge in [-0.05, 0) is 25.0 Å². The van der Waals surface area contributed by atoms with Gasteiger partial charge in [-0.25, -0.2) is 13.4 Å². The number of benzene rings is 1. The van der Waals surface area contributed by atoms with Crippen LogP contribution in [0.4, 0.5) is 5.69 Å². The largest absolute Gasteiger partial charge is 0.493 e. The van der Waals surface area contributed by atoms with Crippen molar-refractivity contribution < 1.29 is 27.0 Å². The van der Waals surface area contributed by atoms with Crippen LogP contribution in [0.1, 0.15) is 37.5 Å². The van der Waals surface area contributed by atoms with Gasteiger partial charge in [0.1, 0.15) is 4.21 Å². The van der Waals surface area contributed by atoms with Crippen molar-refractivity contribution in [3.63, 3.8) is 0 Å². The molecule has 0 atom stereocenters. The lowest BCUT2D eigenvalue weighted by Gasteiger charge is -2.14. The Balaban J connectivity index is 1.57. The molecule has 0 bridgehead atoms. The minimum absolute atomic E-state index is 0.162. The fourth-order valence-corrected chi connectivity index (χ4v) is 6.00. The van der Waals surface area contributed by atoms with E-state index in [4.69, 9.17) is 18.6 Å². The van der Waals surface area contributed by atoms with Crippen molar-refractivity contribution >= 4 is 27.0 Å². The normalized spacial score (nSPS) is 14.5. The Labute approximate surface area is 185 Å². The van der Waals surface area contributed by atoms with E-state index in [9.17, 15) is 8.42 Å². The smallest absolute Gasteiger partial charge is 0.271 e. The molecule has 1 fully saturated rings. The Morgan fingerprint density at radius 1 is 1.06 bits per heavy atom. The highest BCUT2D eigenvalue weighted by Gasteiger charge is 2.24. The number of rotatable bonds is 8. The van der Waals surface area contributed by atoms with Crippen LogP contribution in [-0.4, -0.2) is 34.7 Å². The molecule has 1 N–H and O–H groups in total. The van der Waals surface area contributed by atoms with Crippen molar-refractivity contribution in [3.8, 4) is 27.9 Å². The highest BCUT2D eigenvalue weighted by Crippen LogP contribution is 2.41. The predicted molar refractivity (Wildman–Crippen MR) is 118 cm³/mol. The zero-order chi connectivity index (χ0) is 22.0. The van der Waals surface area contributed by atoms with E-state index in [0.717, 1.165) is 30.1 Å². The molecule has 8 nitrogen and oxygen atoms in total. The monoisotopic (exact) mass is 464 g/mol. The summed E-state index contributed by atoms with van der Waals surface area (Å²) in [6, 6.07) is 6.36. The SMILES string of the molecule is COc1cc(NS(=O)(=O)c2ccc(-c3cnc(C4CCCC4)o3)s2)cc(OC)c1OC. The molecule has 2 aromatic heterocycles. The van der Waals surface area contributed by atoms with Crippen LogP contribution in [0.3, 0.4) is 0 Å². The number of hydrogen-bond donors (Lipinski definition) is 1. The number of nitrogens with one attached hydrogen (secondary N) is 1. The molecule has 1 aliphatic rings. The van der Waals surface area contributed by atoms with Gasteiger partial charge in [0.25, 0.3) is 10.0 Å². The lowest BCUT2D eigenvalue weighted by atomic mass is 10.1. The van der Waals surface area contributed by atoms with Crippen LogP contribution < -0.4 is 18.9 Å². The maximum absolute atomic E-state index is 13.0. The topological polar surface area (TPSA) is 99.9 Å². The molecular weight excluding hydrogens is 440 g/mol. The van der Waals surface area contributed by atoms with Gasteiger partial charge in [-0.1, -0.05) is 12.8 Å². The van der Waals surface area contributed by atoms with Gasteiger partial charge in [0.05, 0.1) is 38.1 Å². The molecule has 3 aromatic rings. The lowest BCUT2D eigenvalue weighted by molar-refractivity contribution is 0.325. The number of sulfonamides is 1. The van der Waals surface area contributed by atoms with Crippen molar-refractivity contribution in [2.45, 2.75) is 35.8 Å². The van der Waals surface area contributed by atoms with E-state index in [1.54, 1.807) is 18.3 Å². The third-order valence-electron chi connectivity index (χ3n) is 5.23. The Morgan fingerprint density at radius 3 is 2.35 bits per heavy atom. The quantitative estimate of drug-likeness (QED) is 0.507. The van der Waals surface area contributed by atoms with E-state index in [2.05, 4.69) is 9.71 Å². The average Bonchev–Trinajstić information content (AvgIpc) is 3.53. The standard InChI is InChI=1S/C21H24N2O6S2/c1-26-15-10-14(11-16(27-2)20(15)28-3)23-31(24,25)19-9-8-18(30-19)17-12-22-21(29-17)13-6-4-5-7-13/h8-13,23H,4-7H2,1-3H3. The van der Waals surface area contributed by atoms with Crippen LogP contribution in [0.2, 0.25) is 0 Å². The first kappa shape index (κ1) is 21.5. The molecule has 0 radical (unpaired) electrons. The third-order valence-corrected chi connectivity index (χ3v) is 8.21. The van der Waals surface area contributed by atoms with Gasteiger partial charge in [0, 0.05) is 18.1 Å². The van der Waals surface area contributed by atoms with E-state index in [1.165, 1.54) is 46.3 Å². The van der Waals surface area contributed by atoms with Gasteiger partial charge < -0.3 is 18.6 Å². The Kier molecular flexibility index (Phi) is 6.10. The van der Waals surface area contributed by atoms with E-state index < -0.39 is 10.0 Å². The zero-order valence-corrected chi connectivity index (χ0v) is 19.1. The summed E-state index contributed by atoms with van der Waals surface area (Å²) in [5.41, 5.74) is 0.299. The molecule has 31 heavy (non-hydrogen) atoms. The fraction of sp³-hybridized carbons (Fsp3) is 0.381. The van der Waals surface area contributed by atoms with Gasteiger partial charge in [-0.2, -0.15) is 0 Å².